The number of nitrogens with zero attached hydrogens (tertiary/aromatic N) is 2. The minimum Gasteiger partial charge on any atom is -0.370 e. The van der Waals surface area contributed by atoms with Crippen molar-refractivity contribution >= 4 is 23.2 Å². The summed E-state index contributed by atoms with van der Waals surface area (Å²) in [5, 5.41) is 5.69. The van der Waals surface area contributed by atoms with E-state index in [1.807, 2.05) is 11.3 Å². The Balaban J connectivity index is 1.75. The maximum absolute atomic E-state index is 11.3. The molecule has 6 heteroatoms. The summed E-state index contributed by atoms with van der Waals surface area (Å²) < 4.78 is 0. The van der Waals surface area contributed by atoms with Crippen molar-refractivity contribution in [1.29, 1.82) is 0 Å². The summed E-state index contributed by atoms with van der Waals surface area (Å²) in [4.78, 5) is 20.3. The van der Waals surface area contributed by atoms with Gasteiger partial charge in [0, 0.05) is 36.3 Å². The minimum atomic E-state index is -0.192. The zero-order valence-electron chi connectivity index (χ0n) is 16.6. The van der Waals surface area contributed by atoms with Gasteiger partial charge in [-0.1, -0.05) is 25.3 Å². The fourth-order valence-electron chi connectivity index (χ4n) is 4.65. The van der Waals surface area contributed by atoms with Crippen LogP contribution in [-0.4, -0.2) is 42.9 Å². The van der Waals surface area contributed by atoms with Crippen LogP contribution in [0.15, 0.2) is 22.5 Å². The second-order valence-electron chi connectivity index (χ2n) is 8.11. The molecule has 1 aromatic heterocycles. The molecule has 0 bridgehead atoms. The van der Waals surface area contributed by atoms with Crippen LogP contribution in [0.5, 0.6) is 0 Å². The molecule has 0 spiro atoms. The first-order chi connectivity index (χ1) is 13.1. The first-order valence-electron chi connectivity index (χ1n) is 10.5. The van der Waals surface area contributed by atoms with Crippen molar-refractivity contribution in [3.63, 3.8) is 0 Å². The molecule has 1 amide bonds. The number of hydrogen-bond acceptors (Lipinski definition) is 3. The Hall–Kier alpha value is -1.56. The van der Waals surface area contributed by atoms with Gasteiger partial charge in [-0.2, -0.15) is 0 Å². The monoisotopic (exact) mass is 390 g/mol. The lowest BCUT2D eigenvalue weighted by atomic mass is 9.73. The molecule has 0 radical (unpaired) electrons. The molecule has 2 aliphatic rings. The number of primary amides is 1. The summed E-state index contributed by atoms with van der Waals surface area (Å²) in [7, 11) is 0. The van der Waals surface area contributed by atoms with Crippen molar-refractivity contribution in [3.05, 3.63) is 22.4 Å². The molecule has 3 rings (SSSR count). The van der Waals surface area contributed by atoms with E-state index < -0.39 is 0 Å². The number of carbonyl (C=O) groups is 1. The van der Waals surface area contributed by atoms with Crippen LogP contribution in [0.1, 0.15) is 63.2 Å². The van der Waals surface area contributed by atoms with Crippen molar-refractivity contribution in [3.8, 4) is 0 Å². The highest BCUT2D eigenvalue weighted by molar-refractivity contribution is 7.10. The Morgan fingerprint density at radius 2 is 2.19 bits per heavy atom. The lowest BCUT2D eigenvalue weighted by Crippen LogP contribution is -2.47. The van der Waals surface area contributed by atoms with Gasteiger partial charge in [-0.3, -0.25) is 9.79 Å². The number of hydrogen-bond donors (Lipinski definition) is 2. The van der Waals surface area contributed by atoms with Gasteiger partial charge in [-0.15, -0.1) is 11.3 Å². The van der Waals surface area contributed by atoms with Gasteiger partial charge < -0.3 is 16.0 Å². The quantitative estimate of drug-likeness (QED) is 0.577. The number of carbonyl (C=O) groups excluding carboxylic acids is 1. The van der Waals surface area contributed by atoms with E-state index in [1.54, 1.807) is 0 Å². The molecule has 0 aromatic carbocycles. The van der Waals surface area contributed by atoms with E-state index in [9.17, 15) is 4.79 Å². The molecule has 1 aromatic rings. The first kappa shape index (κ1) is 20.2. The third kappa shape index (κ3) is 5.24. The van der Waals surface area contributed by atoms with E-state index in [2.05, 4.69) is 34.7 Å². The minimum absolute atomic E-state index is 0.192. The molecule has 2 heterocycles. The molecule has 27 heavy (non-hydrogen) atoms. The summed E-state index contributed by atoms with van der Waals surface area (Å²) in [6, 6.07) is 4.46. The fourth-order valence-corrected chi connectivity index (χ4v) is 5.63. The number of amides is 1. The van der Waals surface area contributed by atoms with E-state index in [1.165, 1.54) is 37.0 Å². The second kappa shape index (κ2) is 9.58. The largest absolute Gasteiger partial charge is 0.370 e. The predicted octanol–water partition coefficient (Wildman–Crippen LogP) is 3.50. The van der Waals surface area contributed by atoms with E-state index in [4.69, 9.17) is 10.7 Å². The average molecular weight is 391 g/mol. The van der Waals surface area contributed by atoms with Crippen molar-refractivity contribution in [2.24, 2.45) is 16.6 Å². The molecule has 1 saturated carbocycles. The number of piperidine rings is 1. The van der Waals surface area contributed by atoms with Gasteiger partial charge in [0.15, 0.2) is 5.96 Å². The van der Waals surface area contributed by atoms with Crippen LogP contribution >= 0.6 is 11.3 Å². The smallest absolute Gasteiger partial charge is 0.217 e. The second-order valence-corrected chi connectivity index (χ2v) is 9.06. The van der Waals surface area contributed by atoms with Gasteiger partial charge in [-0.25, -0.2) is 0 Å². The van der Waals surface area contributed by atoms with Gasteiger partial charge in [-0.05, 0) is 50.0 Å². The Morgan fingerprint density at radius 1 is 1.37 bits per heavy atom. The third-order valence-corrected chi connectivity index (χ3v) is 7.15. The van der Waals surface area contributed by atoms with E-state index >= 15 is 0 Å². The average Bonchev–Trinajstić information content (AvgIpc) is 3.21. The molecule has 5 nitrogen and oxygen atoms in total. The van der Waals surface area contributed by atoms with Crippen molar-refractivity contribution in [2.75, 3.05) is 26.2 Å². The summed E-state index contributed by atoms with van der Waals surface area (Å²) in [6.07, 6.45) is 9.08. The van der Waals surface area contributed by atoms with Gasteiger partial charge >= 0.3 is 0 Å². The highest BCUT2D eigenvalue weighted by Gasteiger charge is 2.35. The number of thiophene rings is 1. The van der Waals surface area contributed by atoms with Crippen LogP contribution < -0.4 is 11.1 Å². The molecule has 1 aliphatic carbocycles. The van der Waals surface area contributed by atoms with Crippen molar-refractivity contribution in [2.45, 2.75) is 63.7 Å². The maximum atomic E-state index is 11.3. The molecular weight excluding hydrogens is 356 g/mol. The van der Waals surface area contributed by atoms with Gasteiger partial charge in [0.2, 0.25) is 5.91 Å². The maximum Gasteiger partial charge on any atom is 0.217 e. The van der Waals surface area contributed by atoms with E-state index in [-0.39, 0.29) is 11.3 Å². The number of rotatable bonds is 6. The molecular formula is C21H34N4OS. The van der Waals surface area contributed by atoms with Crippen LogP contribution in [-0.2, 0) is 10.2 Å². The van der Waals surface area contributed by atoms with Crippen LogP contribution in [0.25, 0.3) is 0 Å². The molecule has 1 unspecified atom stereocenters. The molecule has 2 fully saturated rings. The normalized spacial score (nSPS) is 23.2. The Morgan fingerprint density at radius 3 is 2.85 bits per heavy atom. The Labute approximate surface area is 167 Å². The van der Waals surface area contributed by atoms with Crippen LogP contribution in [0.4, 0.5) is 0 Å². The molecule has 150 valence electrons. The van der Waals surface area contributed by atoms with Gasteiger partial charge in [0.25, 0.3) is 0 Å². The molecule has 1 atom stereocenters. The zero-order chi connectivity index (χ0) is 19.1. The SMILES string of the molecule is CCNC(=NCC1(c2cccs2)CCCCC1)N1CCCC(CC(N)=O)C1. The lowest BCUT2D eigenvalue weighted by Gasteiger charge is -2.37. The molecule has 1 saturated heterocycles. The number of nitrogens with one attached hydrogen (secondary N) is 1. The van der Waals surface area contributed by atoms with E-state index in [0.717, 1.165) is 45.0 Å². The van der Waals surface area contributed by atoms with Crippen LogP contribution in [0, 0.1) is 5.92 Å². The van der Waals surface area contributed by atoms with Gasteiger partial charge in [0.1, 0.15) is 0 Å². The van der Waals surface area contributed by atoms with E-state index in [0.29, 0.717) is 12.3 Å². The number of aliphatic imine (C=N–C) groups is 1. The van der Waals surface area contributed by atoms with Crippen molar-refractivity contribution < 1.29 is 4.79 Å². The number of nitrogens with two attached hydrogens (primary N) is 1. The fraction of sp³-hybridized carbons (Fsp3) is 0.714. The van der Waals surface area contributed by atoms with Crippen molar-refractivity contribution in [1.82, 2.24) is 10.2 Å². The summed E-state index contributed by atoms with van der Waals surface area (Å²) in [6.45, 7) is 5.72. The lowest BCUT2D eigenvalue weighted by molar-refractivity contribution is -0.119. The third-order valence-electron chi connectivity index (χ3n) is 6.03. The molecule has 3 N–H and O–H groups in total. The Bertz CT molecular complexity index is 622. The number of guanidine groups is 1. The number of likely N-dealkylation sites (tertiary alicyclic amines) is 1. The topological polar surface area (TPSA) is 70.7 Å². The first-order valence-corrected chi connectivity index (χ1v) is 11.4. The van der Waals surface area contributed by atoms with Crippen LogP contribution in [0.2, 0.25) is 0 Å². The van der Waals surface area contributed by atoms with Gasteiger partial charge in [0.05, 0.1) is 6.54 Å². The standard InChI is InChI=1S/C21H34N4OS/c1-2-23-20(25-12-6-8-17(15-25)14-19(22)26)24-16-21(10-4-3-5-11-21)18-9-7-13-27-18/h7,9,13,17H,2-6,8,10-12,14-16H2,1H3,(H2,22,26)(H,23,24). The summed E-state index contributed by atoms with van der Waals surface area (Å²) in [5.74, 6) is 1.16. The van der Waals surface area contributed by atoms with Crippen LogP contribution in [0.3, 0.4) is 0 Å². The summed E-state index contributed by atoms with van der Waals surface area (Å²) >= 11 is 1.88. The molecule has 1 aliphatic heterocycles. The summed E-state index contributed by atoms with van der Waals surface area (Å²) in [5.41, 5.74) is 5.63. The zero-order valence-corrected chi connectivity index (χ0v) is 17.4. The Kier molecular flexibility index (Phi) is 7.16. The highest BCUT2D eigenvalue weighted by Crippen LogP contribution is 2.41. The highest BCUT2D eigenvalue weighted by atomic mass is 32.1. The predicted molar refractivity (Wildman–Crippen MR) is 113 cm³/mol.